The first kappa shape index (κ1) is 22.5. The van der Waals surface area contributed by atoms with E-state index in [0.29, 0.717) is 52.0 Å². The van der Waals surface area contributed by atoms with Crippen molar-refractivity contribution in [3.05, 3.63) is 124 Å². The van der Waals surface area contributed by atoms with Gasteiger partial charge in [0.2, 0.25) is 0 Å². The summed E-state index contributed by atoms with van der Waals surface area (Å²) in [6.07, 6.45) is 0. The largest absolute Gasteiger partial charge is 0.489 e. The van der Waals surface area contributed by atoms with Gasteiger partial charge in [-0.15, -0.1) is 0 Å². The molecule has 6 nitrogen and oxygen atoms in total. The van der Waals surface area contributed by atoms with Gasteiger partial charge in [0, 0.05) is 16.7 Å². The SMILES string of the molecule is Nn1c(-c2ccc(Cl)cc2)nc2c(OCc3ccccc3)cc(OCc3ccccc3)cc2c1=O. The van der Waals surface area contributed by atoms with Crippen molar-refractivity contribution in [3.63, 3.8) is 0 Å². The molecular weight excluding hydrogens is 462 g/mol. The average molecular weight is 484 g/mol. The van der Waals surface area contributed by atoms with Gasteiger partial charge < -0.3 is 15.3 Å². The minimum absolute atomic E-state index is 0.304. The van der Waals surface area contributed by atoms with Crippen molar-refractivity contribution < 1.29 is 9.47 Å². The summed E-state index contributed by atoms with van der Waals surface area (Å²) in [7, 11) is 0. The first-order chi connectivity index (χ1) is 17.1. The van der Waals surface area contributed by atoms with E-state index in [-0.39, 0.29) is 0 Å². The first-order valence-corrected chi connectivity index (χ1v) is 11.4. The third kappa shape index (κ3) is 4.98. The molecule has 5 rings (SSSR count). The molecule has 0 amide bonds. The Morgan fingerprint density at radius 1 is 0.800 bits per heavy atom. The lowest BCUT2D eigenvalue weighted by atomic mass is 10.1. The highest BCUT2D eigenvalue weighted by molar-refractivity contribution is 6.30. The average Bonchev–Trinajstić information content (AvgIpc) is 2.90. The molecule has 174 valence electrons. The van der Waals surface area contributed by atoms with Gasteiger partial charge >= 0.3 is 0 Å². The number of ether oxygens (including phenoxy) is 2. The molecular formula is C28H22ClN3O3. The zero-order valence-electron chi connectivity index (χ0n) is 18.7. The summed E-state index contributed by atoms with van der Waals surface area (Å²) in [5.74, 6) is 7.40. The molecule has 0 atom stereocenters. The zero-order chi connectivity index (χ0) is 24.2. The van der Waals surface area contributed by atoms with Crippen LogP contribution >= 0.6 is 11.6 Å². The highest BCUT2D eigenvalue weighted by atomic mass is 35.5. The van der Waals surface area contributed by atoms with Gasteiger partial charge in [-0.1, -0.05) is 72.3 Å². The van der Waals surface area contributed by atoms with E-state index in [1.165, 1.54) is 0 Å². The summed E-state index contributed by atoms with van der Waals surface area (Å²) in [4.78, 5) is 18.0. The third-order valence-corrected chi connectivity index (χ3v) is 5.78. The normalized spacial score (nSPS) is 10.9. The molecule has 0 unspecified atom stereocenters. The topological polar surface area (TPSA) is 79.4 Å². The second-order valence-electron chi connectivity index (χ2n) is 7.98. The van der Waals surface area contributed by atoms with E-state index in [1.807, 2.05) is 60.7 Å². The molecule has 0 saturated carbocycles. The Morgan fingerprint density at radius 2 is 1.40 bits per heavy atom. The molecule has 0 aliphatic carbocycles. The van der Waals surface area contributed by atoms with Crippen molar-refractivity contribution in [2.75, 3.05) is 5.84 Å². The summed E-state index contributed by atoms with van der Waals surface area (Å²) in [6, 6.07) is 29.9. The van der Waals surface area contributed by atoms with E-state index < -0.39 is 5.56 Å². The van der Waals surface area contributed by atoms with Crippen LogP contribution in [-0.4, -0.2) is 9.66 Å². The van der Waals surface area contributed by atoms with Crippen LogP contribution in [0.5, 0.6) is 11.5 Å². The lowest BCUT2D eigenvalue weighted by Crippen LogP contribution is -2.30. The minimum atomic E-state index is -0.408. The van der Waals surface area contributed by atoms with E-state index in [4.69, 9.17) is 31.9 Å². The molecule has 0 saturated heterocycles. The number of hydrogen-bond donors (Lipinski definition) is 1. The molecule has 0 aliphatic rings. The molecule has 0 bridgehead atoms. The van der Waals surface area contributed by atoms with Crippen molar-refractivity contribution in [1.82, 2.24) is 9.66 Å². The van der Waals surface area contributed by atoms with Crippen LogP contribution in [0.1, 0.15) is 11.1 Å². The minimum Gasteiger partial charge on any atom is -0.489 e. The number of nitrogens with zero attached hydrogens (tertiary/aromatic N) is 2. The van der Waals surface area contributed by atoms with Crippen molar-refractivity contribution in [2.24, 2.45) is 0 Å². The number of fused-ring (bicyclic) bond motifs is 1. The summed E-state index contributed by atoms with van der Waals surface area (Å²) in [5, 5.41) is 0.881. The Kier molecular flexibility index (Phi) is 6.37. The van der Waals surface area contributed by atoms with E-state index in [2.05, 4.69) is 0 Å². The number of benzene rings is 4. The number of hydrogen-bond acceptors (Lipinski definition) is 5. The zero-order valence-corrected chi connectivity index (χ0v) is 19.5. The second-order valence-corrected chi connectivity index (χ2v) is 8.42. The summed E-state index contributed by atoms with van der Waals surface area (Å²) < 4.78 is 13.2. The quantitative estimate of drug-likeness (QED) is 0.305. The van der Waals surface area contributed by atoms with Crippen LogP contribution in [0.4, 0.5) is 0 Å². The lowest BCUT2D eigenvalue weighted by molar-refractivity contribution is 0.292. The highest BCUT2D eigenvalue weighted by Gasteiger charge is 2.17. The fourth-order valence-electron chi connectivity index (χ4n) is 3.72. The van der Waals surface area contributed by atoms with Crippen LogP contribution in [0.2, 0.25) is 5.02 Å². The van der Waals surface area contributed by atoms with E-state index in [0.717, 1.165) is 15.8 Å². The van der Waals surface area contributed by atoms with E-state index in [9.17, 15) is 4.79 Å². The second kappa shape index (κ2) is 9.91. The Morgan fingerprint density at radius 3 is 2.03 bits per heavy atom. The number of aromatic nitrogens is 2. The van der Waals surface area contributed by atoms with Crippen LogP contribution in [-0.2, 0) is 13.2 Å². The van der Waals surface area contributed by atoms with Crippen LogP contribution in [0.25, 0.3) is 22.3 Å². The van der Waals surface area contributed by atoms with Gasteiger partial charge in [0.15, 0.2) is 5.82 Å². The van der Waals surface area contributed by atoms with Crippen LogP contribution in [0.3, 0.4) is 0 Å². The predicted octanol–water partition coefficient (Wildman–Crippen LogP) is 5.59. The Labute approximate surface area is 207 Å². The molecule has 5 aromatic rings. The number of nitrogens with two attached hydrogens (primary N) is 1. The van der Waals surface area contributed by atoms with Gasteiger partial charge in [-0.05, 0) is 41.5 Å². The molecule has 0 aliphatic heterocycles. The molecule has 7 heteroatoms. The van der Waals surface area contributed by atoms with Gasteiger partial charge in [-0.3, -0.25) is 4.79 Å². The maximum atomic E-state index is 13.3. The fourth-order valence-corrected chi connectivity index (χ4v) is 3.84. The molecule has 0 radical (unpaired) electrons. The van der Waals surface area contributed by atoms with Crippen LogP contribution in [0.15, 0.2) is 102 Å². The molecule has 4 aromatic carbocycles. The first-order valence-electron chi connectivity index (χ1n) is 11.0. The third-order valence-electron chi connectivity index (χ3n) is 5.53. The Bertz CT molecular complexity index is 1520. The maximum Gasteiger partial charge on any atom is 0.280 e. The van der Waals surface area contributed by atoms with Gasteiger partial charge in [0.05, 0.1) is 5.39 Å². The molecule has 35 heavy (non-hydrogen) atoms. The molecule has 2 N–H and O–H groups in total. The van der Waals surface area contributed by atoms with Crippen LogP contribution in [0, 0.1) is 0 Å². The van der Waals surface area contributed by atoms with Gasteiger partial charge in [0.25, 0.3) is 5.56 Å². The maximum absolute atomic E-state index is 13.3. The highest BCUT2D eigenvalue weighted by Crippen LogP contribution is 2.31. The van der Waals surface area contributed by atoms with Crippen molar-refractivity contribution >= 4 is 22.5 Å². The van der Waals surface area contributed by atoms with Gasteiger partial charge in [-0.2, -0.15) is 0 Å². The summed E-state index contributed by atoms with van der Waals surface area (Å²) in [6.45, 7) is 0.652. The predicted molar refractivity (Wildman–Crippen MR) is 138 cm³/mol. The van der Waals surface area contributed by atoms with Crippen molar-refractivity contribution in [2.45, 2.75) is 13.2 Å². The van der Waals surface area contributed by atoms with E-state index in [1.54, 1.807) is 36.4 Å². The van der Waals surface area contributed by atoms with Crippen molar-refractivity contribution in [3.8, 4) is 22.9 Å². The molecule has 1 heterocycles. The standard InChI is InChI=1S/C28H22ClN3O3/c29-22-13-11-21(12-14-22)27-31-26-24(28(33)32(27)30)15-23(34-17-19-7-3-1-4-8-19)16-25(26)35-18-20-9-5-2-6-10-20/h1-16H,17-18,30H2. The number of halogens is 1. The van der Waals surface area contributed by atoms with Crippen LogP contribution < -0.4 is 20.9 Å². The molecule has 1 aromatic heterocycles. The Hall–Kier alpha value is -4.29. The fraction of sp³-hybridized carbons (Fsp3) is 0.0714. The molecule has 0 fully saturated rings. The number of rotatable bonds is 7. The summed E-state index contributed by atoms with van der Waals surface area (Å²) in [5.41, 5.74) is 2.65. The van der Waals surface area contributed by atoms with Gasteiger partial charge in [0.1, 0.15) is 30.2 Å². The smallest absolute Gasteiger partial charge is 0.280 e. The Balaban J connectivity index is 1.59. The lowest BCUT2D eigenvalue weighted by Gasteiger charge is -2.15. The summed E-state index contributed by atoms with van der Waals surface area (Å²) >= 11 is 6.03. The van der Waals surface area contributed by atoms with E-state index >= 15 is 0 Å². The molecule has 0 spiro atoms. The number of nitrogen functional groups attached to an aromatic ring is 1. The van der Waals surface area contributed by atoms with Gasteiger partial charge in [-0.25, -0.2) is 9.66 Å². The monoisotopic (exact) mass is 483 g/mol. The van der Waals surface area contributed by atoms with Crippen molar-refractivity contribution in [1.29, 1.82) is 0 Å².